The fraction of sp³-hybridized carbons (Fsp3) is 0.800. The Morgan fingerprint density at radius 2 is 1.86 bits per heavy atom. The molecule has 132 valence electrons. The van der Waals surface area contributed by atoms with E-state index in [2.05, 4.69) is 10.6 Å². The highest BCUT2D eigenvalue weighted by molar-refractivity contribution is 7.99. The van der Waals surface area contributed by atoms with Crippen molar-refractivity contribution in [2.75, 3.05) is 31.6 Å². The Labute approximate surface area is 139 Å². The zero-order chi connectivity index (χ0) is 17.8. The molecule has 0 fully saturated rings. The molecule has 6 nitrogen and oxygen atoms in total. The summed E-state index contributed by atoms with van der Waals surface area (Å²) in [6, 6.07) is -0.505. The van der Waals surface area contributed by atoms with Gasteiger partial charge in [0.15, 0.2) is 0 Å². The monoisotopic (exact) mass is 335 g/mol. The molecule has 0 rings (SSSR count). The molecule has 0 spiro atoms. The highest BCUT2D eigenvalue weighted by Gasteiger charge is 2.11. The van der Waals surface area contributed by atoms with Crippen LogP contribution in [0.3, 0.4) is 0 Å². The summed E-state index contributed by atoms with van der Waals surface area (Å²) in [7, 11) is 1.85. The van der Waals surface area contributed by atoms with E-state index < -0.39 is 6.04 Å². The smallest absolute Gasteiger partial charge is 0.238 e. The van der Waals surface area contributed by atoms with Crippen molar-refractivity contribution in [1.29, 1.82) is 0 Å². The number of amides is 1. The van der Waals surface area contributed by atoms with E-state index in [0.717, 1.165) is 12.3 Å². The van der Waals surface area contributed by atoms with Gasteiger partial charge in [-0.05, 0) is 12.8 Å². The minimum atomic E-state index is -0.505. The molecule has 1 unspecified atom stereocenters. The molecule has 0 aromatic carbocycles. The predicted molar refractivity (Wildman–Crippen MR) is 95.2 cm³/mol. The number of hydrogen-bond acceptors (Lipinski definition) is 6. The molecule has 1 amide bonds. The number of carbonyl (C=O) groups is 3. The van der Waals surface area contributed by atoms with Gasteiger partial charge in [0, 0.05) is 25.1 Å². The van der Waals surface area contributed by atoms with Crippen molar-refractivity contribution < 1.29 is 14.4 Å². The summed E-state index contributed by atoms with van der Waals surface area (Å²) >= 11 is 1.60. The van der Waals surface area contributed by atoms with Gasteiger partial charge in [-0.15, -0.1) is 0 Å². The molecule has 1 atom stereocenters. The quantitative estimate of drug-likeness (QED) is 0.515. The number of nitrogens with one attached hydrogen (secondary N) is 2. The van der Waals surface area contributed by atoms with Crippen LogP contribution < -0.4 is 16.4 Å². The summed E-state index contributed by atoms with van der Waals surface area (Å²) in [6.07, 6.45) is 1.98. The lowest BCUT2D eigenvalue weighted by Gasteiger charge is -2.08. The van der Waals surface area contributed by atoms with Crippen LogP contribution in [0.1, 0.15) is 40.5 Å². The van der Waals surface area contributed by atoms with Crippen LogP contribution in [0, 0.1) is 0 Å². The maximum absolute atomic E-state index is 11.0. The lowest BCUT2D eigenvalue weighted by Crippen LogP contribution is -2.42. The first-order valence-electron chi connectivity index (χ1n) is 7.74. The van der Waals surface area contributed by atoms with Gasteiger partial charge in [0.1, 0.15) is 12.1 Å². The van der Waals surface area contributed by atoms with Crippen LogP contribution in [0.5, 0.6) is 0 Å². The molecular formula is C15H33N3O3S. The molecular weight excluding hydrogens is 302 g/mol. The van der Waals surface area contributed by atoms with Gasteiger partial charge in [0.05, 0.1) is 12.6 Å². The van der Waals surface area contributed by atoms with Gasteiger partial charge in [0.25, 0.3) is 0 Å². The molecule has 0 aliphatic heterocycles. The van der Waals surface area contributed by atoms with Crippen LogP contribution in [0.15, 0.2) is 0 Å². The fourth-order valence-corrected chi connectivity index (χ4v) is 1.68. The van der Waals surface area contributed by atoms with Crippen LogP contribution in [0.25, 0.3) is 0 Å². The first kappa shape index (κ1) is 26.0. The first-order chi connectivity index (χ1) is 10.5. The molecule has 22 heavy (non-hydrogen) atoms. The molecule has 0 heterocycles. The fourth-order valence-electron chi connectivity index (χ4n) is 1.04. The first-order valence-corrected chi connectivity index (χ1v) is 8.89. The summed E-state index contributed by atoms with van der Waals surface area (Å²) in [5.74, 6) is 1.61. The molecule has 0 aromatic heterocycles. The van der Waals surface area contributed by atoms with Crippen molar-refractivity contribution in [1.82, 2.24) is 10.6 Å². The largest absolute Gasteiger partial charge is 0.348 e. The Balaban J connectivity index is -0.000000313. The van der Waals surface area contributed by atoms with Crippen LogP contribution in [0.2, 0.25) is 0 Å². The zero-order valence-corrected chi connectivity index (χ0v) is 15.4. The maximum Gasteiger partial charge on any atom is 0.238 e. The number of nitrogens with two attached hydrogens (primary N) is 1. The van der Waals surface area contributed by atoms with Crippen molar-refractivity contribution in [2.45, 2.75) is 46.6 Å². The third kappa shape index (κ3) is 21.4. The van der Waals surface area contributed by atoms with Gasteiger partial charge in [0.2, 0.25) is 5.91 Å². The molecule has 0 bridgehead atoms. The Morgan fingerprint density at radius 3 is 2.27 bits per heavy atom. The summed E-state index contributed by atoms with van der Waals surface area (Å²) in [4.78, 5) is 31.4. The molecule has 0 radical (unpaired) electrons. The number of carbonyl (C=O) groups excluding carboxylic acids is 3. The van der Waals surface area contributed by atoms with Crippen LogP contribution >= 0.6 is 11.8 Å². The molecule has 0 saturated heterocycles. The van der Waals surface area contributed by atoms with Gasteiger partial charge >= 0.3 is 0 Å². The Hall–Kier alpha value is -0.920. The lowest BCUT2D eigenvalue weighted by molar-refractivity contribution is -0.123. The van der Waals surface area contributed by atoms with Crippen LogP contribution in [0.4, 0.5) is 0 Å². The second-order valence-corrected chi connectivity index (χ2v) is 5.24. The summed E-state index contributed by atoms with van der Waals surface area (Å²) in [5.41, 5.74) is 5.50. The van der Waals surface area contributed by atoms with Gasteiger partial charge in [-0.2, -0.15) is 11.8 Å². The molecule has 4 N–H and O–H groups in total. The van der Waals surface area contributed by atoms with Crippen LogP contribution in [-0.2, 0) is 14.4 Å². The number of thioether (sulfide) groups is 1. The van der Waals surface area contributed by atoms with Crippen LogP contribution in [-0.4, -0.2) is 55.7 Å². The molecule has 7 heteroatoms. The van der Waals surface area contributed by atoms with E-state index in [-0.39, 0.29) is 12.5 Å². The standard InChI is InChI=1S/C7H14N2O2S.C6H13NO.C2H6/c1-2-12-5-6(8)7(11)9-3-4-10;1-3-6(8)4-5-7-2;1-2/h4,6H,2-3,5,8H2,1H3,(H,9,11);7H,3-5H2,1-2H3;1-2H3. The topological polar surface area (TPSA) is 101 Å². The highest BCUT2D eigenvalue weighted by Crippen LogP contribution is 1.99. The predicted octanol–water partition coefficient (Wildman–Crippen LogP) is 0.983. The van der Waals surface area contributed by atoms with E-state index in [4.69, 9.17) is 5.73 Å². The van der Waals surface area contributed by atoms with Gasteiger partial charge in [-0.1, -0.05) is 27.7 Å². The molecule has 0 aromatic rings. The third-order valence-corrected chi connectivity index (χ3v) is 3.25. The molecule has 0 saturated carbocycles. The van der Waals surface area contributed by atoms with Gasteiger partial charge in [-0.3, -0.25) is 9.59 Å². The minimum Gasteiger partial charge on any atom is -0.348 e. The average Bonchev–Trinajstić information content (AvgIpc) is 2.57. The van der Waals surface area contributed by atoms with E-state index in [0.29, 0.717) is 30.7 Å². The molecule has 0 aliphatic carbocycles. The second-order valence-electron chi connectivity index (χ2n) is 3.92. The van der Waals surface area contributed by atoms with Crippen molar-refractivity contribution in [3.05, 3.63) is 0 Å². The Morgan fingerprint density at radius 1 is 1.27 bits per heavy atom. The van der Waals surface area contributed by atoms with Crippen molar-refractivity contribution in [3.63, 3.8) is 0 Å². The van der Waals surface area contributed by atoms with E-state index in [9.17, 15) is 14.4 Å². The molecule has 0 aliphatic rings. The second kappa shape index (κ2) is 22.4. The SMILES string of the molecule is CC.CCC(=O)CCNC.CCSCC(N)C(=O)NCC=O. The Kier molecular flexibility index (Phi) is 26.4. The lowest BCUT2D eigenvalue weighted by atomic mass is 10.2. The minimum absolute atomic E-state index is 0.0450. The average molecular weight is 336 g/mol. The Bertz CT molecular complexity index is 277. The van der Waals surface area contributed by atoms with Gasteiger partial charge < -0.3 is 21.2 Å². The number of aldehydes is 1. The third-order valence-electron chi connectivity index (χ3n) is 2.25. The van der Waals surface area contributed by atoms with Crippen molar-refractivity contribution in [3.8, 4) is 0 Å². The van der Waals surface area contributed by atoms with E-state index in [1.165, 1.54) is 0 Å². The number of hydrogen-bond donors (Lipinski definition) is 3. The summed E-state index contributed by atoms with van der Waals surface area (Å²) < 4.78 is 0. The summed E-state index contributed by atoms with van der Waals surface area (Å²) in [6.45, 7) is 8.74. The van der Waals surface area contributed by atoms with Crippen molar-refractivity contribution >= 4 is 29.7 Å². The highest BCUT2D eigenvalue weighted by atomic mass is 32.2. The normalized spacial score (nSPS) is 10.3. The van der Waals surface area contributed by atoms with E-state index >= 15 is 0 Å². The number of Topliss-reactive ketones (excluding diaryl/α,β-unsaturated/α-hetero) is 1. The maximum atomic E-state index is 11.0. The number of ketones is 1. The van der Waals surface area contributed by atoms with E-state index in [1.54, 1.807) is 11.8 Å². The van der Waals surface area contributed by atoms with Gasteiger partial charge in [-0.25, -0.2) is 0 Å². The van der Waals surface area contributed by atoms with E-state index in [1.807, 2.05) is 34.7 Å². The zero-order valence-electron chi connectivity index (χ0n) is 14.6. The summed E-state index contributed by atoms with van der Waals surface area (Å²) in [5, 5.41) is 5.31. The van der Waals surface area contributed by atoms with Crippen molar-refractivity contribution in [2.24, 2.45) is 5.73 Å². The number of rotatable bonds is 10.